The zero-order chi connectivity index (χ0) is 12.0. The van der Waals surface area contributed by atoms with Crippen molar-refractivity contribution in [2.24, 2.45) is 11.7 Å². The van der Waals surface area contributed by atoms with Crippen molar-refractivity contribution in [1.29, 1.82) is 0 Å². The van der Waals surface area contributed by atoms with Crippen molar-refractivity contribution < 1.29 is 9.59 Å². The molecule has 0 saturated heterocycles. The van der Waals surface area contributed by atoms with E-state index in [9.17, 15) is 9.59 Å². The second kappa shape index (κ2) is 6.40. The normalized spacial score (nSPS) is 12.7. The molecule has 88 valence electrons. The fraction of sp³-hybridized carbons (Fsp3) is 0.800. The van der Waals surface area contributed by atoms with E-state index in [1.807, 2.05) is 27.7 Å². The molecule has 15 heavy (non-hydrogen) atoms. The van der Waals surface area contributed by atoms with E-state index in [1.54, 1.807) is 0 Å². The van der Waals surface area contributed by atoms with Crippen LogP contribution in [0.25, 0.3) is 0 Å². The fourth-order valence-corrected chi connectivity index (χ4v) is 0.961. The Labute approximate surface area is 90.8 Å². The summed E-state index contributed by atoms with van der Waals surface area (Å²) in [6, 6.07) is -0.481. The minimum atomic E-state index is -0.558. The van der Waals surface area contributed by atoms with Gasteiger partial charge in [0.2, 0.25) is 11.8 Å². The number of carbonyl (C=O) groups excluding carboxylic acids is 2. The molecule has 0 aromatic rings. The topological polar surface area (TPSA) is 84.2 Å². The van der Waals surface area contributed by atoms with Crippen LogP contribution in [0.5, 0.6) is 0 Å². The van der Waals surface area contributed by atoms with E-state index < -0.39 is 6.04 Å². The Morgan fingerprint density at radius 1 is 1.20 bits per heavy atom. The zero-order valence-electron chi connectivity index (χ0n) is 9.83. The SMILES string of the molecule is CC(C)NC(=O)CNC(=O)[C@@H](N)C(C)C. The molecule has 5 nitrogen and oxygen atoms in total. The second-order valence-corrected chi connectivity index (χ2v) is 4.21. The van der Waals surface area contributed by atoms with Crippen LogP contribution in [-0.2, 0) is 9.59 Å². The maximum atomic E-state index is 11.4. The van der Waals surface area contributed by atoms with Crippen LogP contribution < -0.4 is 16.4 Å². The lowest BCUT2D eigenvalue weighted by Crippen LogP contribution is -2.47. The highest BCUT2D eigenvalue weighted by molar-refractivity contribution is 5.87. The molecule has 0 spiro atoms. The van der Waals surface area contributed by atoms with Crippen molar-refractivity contribution in [3.8, 4) is 0 Å². The standard InChI is InChI=1S/C10H21N3O2/c1-6(2)9(11)10(15)12-5-8(14)13-7(3)4/h6-7,9H,5,11H2,1-4H3,(H,12,15)(H,13,14)/t9-/m0/s1. The van der Waals surface area contributed by atoms with Gasteiger partial charge < -0.3 is 16.4 Å². The lowest BCUT2D eigenvalue weighted by Gasteiger charge is -2.15. The van der Waals surface area contributed by atoms with Gasteiger partial charge in [-0.25, -0.2) is 0 Å². The molecule has 0 saturated carbocycles. The van der Waals surface area contributed by atoms with Gasteiger partial charge in [0, 0.05) is 6.04 Å². The molecule has 0 aromatic carbocycles. The van der Waals surface area contributed by atoms with Crippen molar-refractivity contribution in [1.82, 2.24) is 10.6 Å². The molecule has 1 atom stereocenters. The molecule has 0 aromatic heterocycles. The summed E-state index contributed by atoms with van der Waals surface area (Å²) in [7, 11) is 0. The summed E-state index contributed by atoms with van der Waals surface area (Å²) in [5, 5.41) is 5.16. The maximum Gasteiger partial charge on any atom is 0.239 e. The quantitative estimate of drug-likeness (QED) is 0.584. The first-order valence-electron chi connectivity index (χ1n) is 5.17. The van der Waals surface area contributed by atoms with Gasteiger partial charge in [-0.3, -0.25) is 9.59 Å². The highest BCUT2D eigenvalue weighted by Crippen LogP contribution is 1.97. The highest BCUT2D eigenvalue weighted by atomic mass is 16.2. The molecule has 0 aliphatic rings. The minimum Gasteiger partial charge on any atom is -0.352 e. The smallest absolute Gasteiger partial charge is 0.239 e. The highest BCUT2D eigenvalue weighted by Gasteiger charge is 2.17. The molecule has 0 aliphatic heterocycles. The molecule has 0 bridgehead atoms. The van der Waals surface area contributed by atoms with Gasteiger partial charge in [-0.05, 0) is 19.8 Å². The number of amides is 2. The van der Waals surface area contributed by atoms with Crippen molar-refractivity contribution in [3.63, 3.8) is 0 Å². The van der Waals surface area contributed by atoms with Gasteiger partial charge in [0.05, 0.1) is 12.6 Å². The predicted octanol–water partition coefficient (Wildman–Crippen LogP) is -0.389. The average molecular weight is 215 g/mol. The Bertz CT molecular complexity index is 227. The molecule has 4 N–H and O–H groups in total. The van der Waals surface area contributed by atoms with Crippen LogP contribution in [0, 0.1) is 5.92 Å². The van der Waals surface area contributed by atoms with Crippen LogP contribution in [0.1, 0.15) is 27.7 Å². The van der Waals surface area contributed by atoms with Crippen LogP contribution in [0.3, 0.4) is 0 Å². The van der Waals surface area contributed by atoms with Gasteiger partial charge in [0.25, 0.3) is 0 Å². The molecule has 0 fully saturated rings. The Morgan fingerprint density at radius 2 is 1.73 bits per heavy atom. The van der Waals surface area contributed by atoms with Gasteiger partial charge in [-0.1, -0.05) is 13.8 Å². The molecular formula is C10H21N3O2. The number of hydrogen-bond acceptors (Lipinski definition) is 3. The number of rotatable bonds is 5. The van der Waals surface area contributed by atoms with E-state index >= 15 is 0 Å². The Morgan fingerprint density at radius 3 is 2.13 bits per heavy atom. The van der Waals surface area contributed by atoms with Crippen LogP contribution in [-0.4, -0.2) is 30.4 Å². The van der Waals surface area contributed by atoms with Crippen molar-refractivity contribution in [2.45, 2.75) is 39.8 Å². The average Bonchev–Trinajstić information content (AvgIpc) is 2.11. The number of carbonyl (C=O) groups is 2. The third kappa shape index (κ3) is 6.06. The van der Waals surface area contributed by atoms with Gasteiger partial charge in [-0.2, -0.15) is 0 Å². The van der Waals surface area contributed by atoms with Crippen LogP contribution in [0.15, 0.2) is 0 Å². The monoisotopic (exact) mass is 215 g/mol. The van der Waals surface area contributed by atoms with Crippen LogP contribution in [0.4, 0.5) is 0 Å². The number of hydrogen-bond donors (Lipinski definition) is 3. The molecule has 0 radical (unpaired) electrons. The predicted molar refractivity (Wildman–Crippen MR) is 59.1 cm³/mol. The summed E-state index contributed by atoms with van der Waals surface area (Å²) in [6.45, 7) is 7.42. The van der Waals surface area contributed by atoms with Crippen molar-refractivity contribution >= 4 is 11.8 Å². The van der Waals surface area contributed by atoms with E-state index in [4.69, 9.17) is 5.73 Å². The number of nitrogens with one attached hydrogen (secondary N) is 2. The summed E-state index contributed by atoms with van der Waals surface area (Å²) in [5.41, 5.74) is 5.60. The first-order chi connectivity index (χ1) is 6.84. The van der Waals surface area contributed by atoms with E-state index in [-0.39, 0.29) is 30.3 Å². The van der Waals surface area contributed by atoms with E-state index in [0.29, 0.717) is 0 Å². The van der Waals surface area contributed by atoms with Crippen molar-refractivity contribution in [3.05, 3.63) is 0 Å². The first kappa shape index (κ1) is 13.9. The largest absolute Gasteiger partial charge is 0.352 e. The molecule has 0 rings (SSSR count). The third-order valence-corrected chi connectivity index (χ3v) is 1.89. The first-order valence-corrected chi connectivity index (χ1v) is 5.17. The molecule has 2 amide bonds. The Balaban J connectivity index is 3.85. The summed E-state index contributed by atoms with van der Waals surface area (Å²) >= 11 is 0. The van der Waals surface area contributed by atoms with Gasteiger partial charge >= 0.3 is 0 Å². The van der Waals surface area contributed by atoms with Crippen molar-refractivity contribution in [2.75, 3.05) is 6.54 Å². The zero-order valence-corrected chi connectivity index (χ0v) is 9.83. The van der Waals surface area contributed by atoms with Crippen LogP contribution >= 0.6 is 0 Å². The third-order valence-electron chi connectivity index (χ3n) is 1.89. The lowest BCUT2D eigenvalue weighted by molar-refractivity contribution is -0.127. The van der Waals surface area contributed by atoms with Gasteiger partial charge in [0.1, 0.15) is 0 Å². The fourth-order valence-electron chi connectivity index (χ4n) is 0.961. The summed E-state index contributed by atoms with van der Waals surface area (Å²) in [5.74, 6) is -0.420. The van der Waals surface area contributed by atoms with E-state index in [0.717, 1.165) is 0 Å². The Hall–Kier alpha value is -1.10. The summed E-state index contributed by atoms with van der Waals surface area (Å²) in [6.07, 6.45) is 0. The lowest BCUT2D eigenvalue weighted by atomic mass is 10.1. The molecule has 0 heterocycles. The number of nitrogens with two attached hydrogens (primary N) is 1. The van der Waals surface area contributed by atoms with Crippen LogP contribution in [0.2, 0.25) is 0 Å². The molecule has 0 aliphatic carbocycles. The molecular weight excluding hydrogens is 194 g/mol. The molecule has 0 unspecified atom stereocenters. The van der Waals surface area contributed by atoms with Gasteiger partial charge in [0.15, 0.2) is 0 Å². The summed E-state index contributed by atoms with van der Waals surface area (Å²) < 4.78 is 0. The summed E-state index contributed by atoms with van der Waals surface area (Å²) in [4.78, 5) is 22.5. The Kier molecular flexibility index (Phi) is 5.93. The molecule has 5 heteroatoms. The van der Waals surface area contributed by atoms with E-state index in [1.165, 1.54) is 0 Å². The van der Waals surface area contributed by atoms with E-state index in [2.05, 4.69) is 10.6 Å². The minimum absolute atomic E-state index is 0.0164. The maximum absolute atomic E-state index is 11.4. The second-order valence-electron chi connectivity index (χ2n) is 4.21. The van der Waals surface area contributed by atoms with Gasteiger partial charge in [-0.15, -0.1) is 0 Å².